The molecule has 0 bridgehead atoms. The number of nitriles is 1. The smallest absolute Gasteiger partial charge is 0.315 e. The molecule has 1 amide bonds. The van der Waals surface area contributed by atoms with Gasteiger partial charge in [-0.3, -0.25) is 4.79 Å². The van der Waals surface area contributed by atoms with Gasteiger partial charge in [-0.05, 0) is 17.7 Å². The van der Waals surface area contributed by atoms with Crippen molar-refractivity contribution in [1.82, 2.24) is 5.32 Å². The van der Waals surface area contributed by atoms with E-state index in [1.807, 2.05) is 6.07 Å². The van der Waals surface area contributed by atoms with Gasteiger partial charge in [0.05, 0.1) is 11.6 Å². The van der Waals surface area contributed by atoms with E-state index in [2.05, 4.69) is 5.32 Å². The highest BCUT2D eigenvalue weighted by Gasteiger charge is 2.13. The van der Waals surface area contributed by atoms with Crippen LogP contribution < -0.4 is 5.32 Å². The molecule has 0 aliphatic rings. The number of hydrogen-bond acceptors (Lipinski definition) is 2. The van der Waals surface area contributed by atoms with Crippen LogP contribution in [0, 0.1) is 11.3 Å². The number of halogens is 2. The molecule has 3 nitrogen and oxygen atoms in total. The minimum atomic E-state index is -3.01. The monoisotopic (exact) mass is 210 g/mol. The highest BCUT2D eigenvalue weighted by atomic mass is 19.3. The number of alkyl halides is 2. The summed E-state index contributed by atoms with van der Waals surface area (Å²) in [4.78, 5) is 10.5. The number of hydrogen-bond donors (Lipinski definition) is 1. The van der Waals surface area contributed by atoms with Gasteiger partial charge in [-0.15, -0.1) is 0 Å². The number of carbonyl (C=O) groups is 1. The third kappa shape index (κ3) is 3.35. The Morgan fingerprint density at radius 3 is 2.87 bits per heavy atom. The van der Waals surface area contributed by atoms with Crippen molar-refractivity contribution in [3.05, 3.63) is 35.4 Å². The fourth-order valence-electron chi connectivity index (χ4n) is 1.02. The molecule has 15 heavy (non-hydrogen) atoms. The zero-order valence-corrected chi connectivity index (χ0v) is 7.71. The van der Waals surface area contributed by atoms with Gasteiger partial charge >= 0.3 is 6.43 Å². The maximum atomic E-state index is 11.8. The Morgan fingerprint density at radius 2 is 2.27 bits per heavy atom. The van der Waals surface area contributed by atoms with Crippen LogP contribution in [0.3, 0.4) is 0 Å². The topological polar surface area (TPSA) is 52.9 Å². The molecular formula is C10H8F2N2O. The Balaban J connectivity index is 2.59. The zero-order valence-electron chi connectivity index (χ0n) is 7.71. The third-order valence-electron chi connectivity index (χ3n) is 1.72. The van der Waals surface area contributed by atoms with E-state index in [1.165, 1.54) is 6.07 Å². The molecule has 0 saturated carbocycles. The Kier molecular flexibility index (Phi) is 3.75. The largest absolute Gasteiger partial charge is 0.347 e. The first-order valence-electron chi connectivity index (χ1n) is 4.18. The average molecular weight is 210 g/mol. The molecule has 0 spiro atoms. The summed E-state index contributed by atoms with van der Waals surface area (Å²) in [6.45, 7) is -0.00130. The fourth-order valence-corrected chi connectivity index (χ4v) is 1.02. The SMILES string of the molecule is N#Cc1cccc(CNC(=O)C(F)F)c1. The fraction of sp³-hybridized carbons (Fsp3) is 0.200. The van der Waals surface area contributed by atoms with Crippen molar-refractivity contribution in [3.63, 3.8) is 0 Å². The van der Waals surface area contributed by atoms with Crippen molar-refractivity contribution < 1.29 is 13.6 Å². The van der Waals surface area contributed by atoms with Crippen molar-refractivity contribution in [1.29, 1.82) is 5.26 Å². The Morgan fingerprint density at radius 1 is 1.53 bits per heavy atom. The minimum absolute atomic E-state index is 0.00130. The van der Waals surface area contributed by atoms with E-state index in [-0.39, 0.29) is 6.54 Å². The lowest BCUT2D eigenvalue weighted by molar-refractivity contribution is -0.131. The van der Waals surface area contributed by atoms with Crippen LogP contribution in [0.25, 0.3) is 0 Å². The average Bonchev–Trinajstić information content (AvgIpc) is 2.26. The van der Waals surface area contributed by atoms with E-state index in [0.717, 1.165) is 0 Å². The molecule has 0 radical (unpaired) electrons. The summed E-state index contributed by atoms with van der Waals surface area (Å²) in [7, 11) is 0. The van der Waals surface area contributed by atoms with Gasteiger partial charge in [-0.25, -0.2) is 0 Å². The number of nitrogens with zero attached hydrogens (tertiary/aromatic N) is 1. The second-order valence-electron chi connectivity index (χ2n) is 2.83. The van der Waals surface area contributed by atoms with E-state index < -0.39 is 12.3 Å². The van der Waals surface area contributed by atoms with Gasteiger partial charge < -0.3 is 5.32 Å². The molecule has 1 aromatic rings. The molecule has 0 heterocycles. The van der Waals surface area contributed by atoms with Crippen LogP contribution in [0.4, 0.5) is 8.78 Å². The summed E-state index contributed by atoms with van der Waals surface area (Å²) in [6, 6.07) is 8.32. The van der Waals surface area contributed by atoms with Crippen molar-refractivity contribution in [2.75, 3.05) is 0 Å². The normalized spacial score (nSPS) is 9.73. The number of rotatable bonds is 3. The predicted molar refractivity (Wildman–Crippen MR) is 49.0 cm³/mol. The minimum Gasteiger partial charge on any atom is -0.347 e. The molecule has 0 saturated heterocycles. The van der Waals surface area contributed by atoms with E-state index in [0.29, 0.717) is 11.1 Å². The molecule has 5 heteroatoms. The van der Waals surface area contributed by atoms with Crippen LogP contribution in [0.15, 0.2) is 24.3 Å². The first-order valence-corrected chi connectivity index (χ1v) is 4.18. The van der Waals surface area contributed by atoms with Crippen LogP contribution in [-0.4, -0.2) is 12.3 Å². The highest BCUT2D eigenvalue weighted by Crippen LogP contribution is 2.04. The van der Waals surface area contributed by atoms with E-state index >= 15 is 0 Å². The number of nitrogens with one attached hydrogen (secondary N) is 1. The number of benzene rings is 1. The lowest BCUT2D eigenvalue weighted by atomic mass is 10.1. The van der Waals surface area contributed by atoms with Gasteiger partial charge in [-0.2, -0.15) is 14.0 Å². The first kappa shape index (κ1) is 11.1. The van der Waals surface area contributed by atoms with Crippen molar-refractivity contribution in [2.24, 2.45) is 0 Å². The van der Waals surface area contributed by atoms with Crippen LogP contribution in [0.2, 0.25) is 0 Å². The molecule has 0 atom stereocenters. The van der Waals surface area contributed by atoms with Gasteiger partial charge in [0.15, 0.2) is 0 Å². The van der Waals surface area contributed by atoms with E-state index in [1.54, 1.807) is 18.2 Å². The summed E-state index contributed by atoms with van der Waals surface area (Å²) >= 11 is 0. The Hall–Kier alpha value is -1.96. The van der Waals surface area contributed by atoms with E-state index in [4.69, 9.17) is 5.26 Å². The van der Waals surface area contributed by atoms with Gasteiger partial charge in [-0.1, -0.05) is 12.1 Å². The first-order chi connectivity index (χ1) is 7.13. The van der Waals surface area contributed by atoms with Gasteiger partial charge in [0.2, 0.25) is 0 Å². The molecule has 0 aromatic heterocycles. The standard InChI is InChI=1S/C10H8F2N2O/c11-9(12)10(15)14-6-8-3-1-2-7(4-8)5-13/h1-4,9H,6H2,(H,14,15). The second kappa shape index (κ2) is 5.05. The van der Waals surface area contributed by atoms with Gasteiger partial charge in [0.25, 0.3) is 5.91 Å². The number of carbonyl (C=O) groups excluding carboxylic acids is 1. The summed E-state index contributed by atoms with van der Waals surface area (Å²) in [5.41, 5.74) is 1.04. The van der Waals surface area contributed by atoms with Crippen molar-refractivity contribution >= 4 is 5.91 Å². The molecule has 1 rings (SSSR count). The molecule has 0 fully saturated rings. The number of amides is 1. The maximum Gasteiger partial charge on any atom is 0.315 e. The summed E-state index contributed by atoms with van der Waals surface area (Å²) in [5, 5.41) is 10.6. The third-order valence-corrected chi connectivity index (χ3v) is 1.72. The van der Waals surface area contributed by atoms with Gasteiger partial charge in [0.1, 0.15) is 0 Å². The van der Waals surface area contributed by atoms with E-state index in [9.17, 15) is 13.6 Å². The lowest BCUT2D eigenvalue weighted by Crippen LogP contribution is -2.28. The van der Waals surface area contributed by atoms with Crippen molar-refractivity contribution in [3.8, 4) is 6.07 Å². The second-order valence-corrected chi connectivity index (χ2v) is 2.83. The zero-order chi connectivity index (χ0) is 11.3. The maximum absolute atomic E-state index is 11.8. The van der Waals surface area contributed by atoms with Crippen LogP contribution in [0.5, 0.6) is 0 Å². The molecule has 1 N–H and O–H groups in total. The van der Waals surface area contributed by atoms with Crippen LogP contribution in [0.1, 0.15) is 11.1 Å². The van der Waals surface area contributed by atoms with Crippen LogP contribution >= 0.6 is 0 Å². The lowest BCUT2D eigenvalue weighted by Gasteiger charge is -2.04. The molecule has 1 aromatic carbocycles. The van der Waals surface area contributed by atoms with Crippen LogP contribution in [-0.2, 0) is 11.3 Å². The molecule has 0 aliphatic carbocycles. The Labute approximate surface area is 85.3 Å². The predicted octanol–water partition coefficient (Wildman–Crippen LogP) is 1.44. The highest BCUT2D eigenvalue weighted by molar-refractivity contribution is 5.79. The quantitative estimate of drug-likeness (QED) is 0.820. The molecule has 0 unspecified atom stereocenters. The Bertz CT molecular complexity index is 399. The summed E-state index contributed by atoms with van der Waals surface area (Å²) < 4.78 is 23.6. The summed E-state index contributed by atoms with van der Waals surface area (Å²) in [5.74, 6) is -1.31. The van der Waals surface area contributed by atoms with Gasteiger partial charge in [0, 0.05) is 6.54 Å². The molecule has 78 valence electrons. The molecule has 0 aliphatic heterocycles. The summed E-state index contributed by atoms with van der Waals surface area (Å²) in [6.07, 6.45) is -3.01. The molecular weight excluding hydrogens is 202 g/mol. The van der Waals surface area contributed by atoms with Crippen molar-refractivity contribution in [2.45, 2.75) is 13.0 Å².